The van der Waals surface area contributed by atoms with Crippen molar-refractivity contribution in [1.29, 1.82) is 0 Å². The average molecular weight is 548 g/mol. The summed E-state index contributed by atoms with van der Waals surface area (Å²) in [7, 11) is -3.69. The molecule has 1 aliphatic heterocycles. The molecule has 8 nitrogen and oxygen atoms in total. The number of carbonyl (C=O) groups excluding carboxylic acids is 2. The van der Waals surface area contributed by atoms with Gasteiger partial charge in [0.25, 0.3) is 11.8 Å². The highest BCUT2D eigenvalue weighted by Crippen LogP contribution is 2.34. The van der Waals surface area contributed by atoms with Crippen LogP contribution in [0.2, 0.25) is 0 Å². The lowest BCUT2D eigenvalue weighted by atomic mass is 9.98. The molecule has 200 valence electrons. The number of aromatic hydroxyl groups is 1. The first-order chi connectivity index (χ1) is 17.8. The van der Waals surface area contributed by atoms with Crippen LogP contribution in [0.25, 0.3) is 11.1 Å². The van der Waals surface area contributed by atoms with Crippen molar-refractivity contribution in [1.82, 2.24) is 9.62 Å². The minimum Gasteiger partial charge on any atom is -0.508 e. The monoisotopic (exact) mass is 547 g/mol. The predicted molar refractivity (Wildman–Crippen MR) is 135 cm³/mol. The van der Waals surface area contributed by atoms with Crippen LogP contribution in [0.4, 0.5) is 18.9 Å². The topological polar surface area (TPSA) is 107 Å². The molecule has 3 aromatic rings. The van der Waals surface area contributed by atoms with Crippen LogP contribution in [0.1, 0.15) is 26.3 Å². The molecule has 3 aromatic carbocycles. The summed E-state index contributed by atoms with van der Waals surface area (Å²) in [6.45, 7) is 1.32. The van der Waals surface area contributed by atoms with E-state index >= 15 is 0 Å². The Morgan fingerprint density at radius 3 is 2.11 bits per heavy atom. The van der Waals surface area contributed by atoms with Gasteiger partial charge < -0.3 is 14.9 Å². The molecule has 0 atom stereocenters. The molecule has 0 aromatic heterocycles. The van der Waals surface area contributed by atoms with Gasteiger partial charge in [0, 0.05) is 43.0 Å². The Labute approximate surface area is 217 Å². The van der Waals surface area contributed by atoms with Crippen LogP contribution in [0.15, 0.2) is 66.7 Å². The first-order valence-corrected chi connectivity index (χ1v) is 13.4. The smallest absolute Gasteiger partial charge is 0.416 e. The molecule has 2 N–H and O–H groups in total. The molecule has 2 amide bonds. The normalized spacial score (nSPS) is 14.3. The molecule has 0 saturated carbocycles. The SMILES string of the molecule is CS(=O)(=O)NC(=O)c1ccc(N2CCN(C(=O)c3cc(-c4cccc(O)c4)cc(C(F)(F)F)c3)CC2)cc1. The second-order valence-corrected chi connectivity index (χ2v) is 10.6. The number of hydrogen-bond donors (Lipinski definition) is 2. The van der Waals surface area contributed by atoms with Crippen LogP contribution in [-0.4, -0.2) is 62.7 Å². The van der Waals surface area contributed by atoms with E-state index in [0.29, 0.717) is 18.7 Å². The second-order valence-electron chi connectivity index (χ2n) is 8.88. The van der Waals surface area contributed by atoms with Gasteiger partial charge in [-0.15, -0.1) is 0 Å². The van der Waals surface area contributed by atoms with Gasteiger partial charge in [-0.1, -0.05) is 12.1 Å². The molecule has 0 aliphatic carbocycles. The van der Waals surface area contributed by atoms with Gasteiger partial charge in [0.1, 0.15) is 5.75 Å². The lowest BCUT2D eigenvalue weighted by Gasteiger charge is -2.36. The molecule has 1 heterocycles. The summed E-state index contributed by atoms with van der Waals surface area (Å²) in [5, 5.41) is 9.75. The molecule has 12 heteroatoms. The van der Waals surface area contributed by atoms with Crippen molar-refractivity contribution in [2.75, 3.05) is 37.3 Å². The van der Waals surface area contributed by atoms with Crippen LogP contribution >= 0.6 is 0 Å². The van der Waals surface area contributed by atoms with Crippen LogP contribution in [-0.2, 0) is 16.2 Å². The molecule has 38 heavy (non-hydrogen) atoms. The first-order valence-electron chi connectivity index (χ1n) is 11.5. The molecule has 0 spiro atoms. The van der Waals surface area contributed by atoms with Crippen LogP contribution in [0, 0.1) is 0 Å². The summed E-state index contributed by atoms with van der Waals surface area (Å²) in [5.41, 5.74) is 0.368. The van der Waals surface area contributed by atoms with E-state index < -0.39 is 33.6 Å². The van der Waals surface area contributed by atoms with Gasteiger partial charge in [0.05, 0.1) is 11.8 Å². The standard InChI is InChI=1S/C26H24F3N3O5S/c1-38(36,37)30-24(34)17-5-7-22(8-6-17)31-9-11-32(12-10-31)25(35)20-13-19(14-21(15-20)26(27,28)29)18-3-2-4-23(33)16-18/h2-8,13-16,33H,9-12H2,1H3,(H,30,34). The maximum atomic E-state index is 13.6. The van der Waals surface area contributed by atoms with E-state index in [1.807, 2.05) is 9.62 Å². The summed E-state index contributed by atoms with van der Waals surface area (Å²) >= 11 is 0. The Bertz CT molecular complexity index is 1470. The zero-order valence-electron chi connectivity index (χ0n) is 20.2. The minimum absolute atomic E-state index is 0.104. The van der Waals surface area contributed by atoms with Crippen molar-refractivity contribution in [3.05, 3.63) is 83.4 Å². The molecule has 1 aliphatic rings. The predicted octanol–water partition coefficient (Wildman–Crippen LogP) is 3.73. The molecular weight excluding hydrogens is 523 g/mol. The minimum atomic E-state index is -4.66. The molecule has 0 radical (unpaired) electrons. The van der Waals surface area contributed by atoms with Crippen molar-refractivity contribution in [2.45, 2.75) is 6.18 Å². The highest BCUT2D eigenvalue weighted by molar-refractivity contribution is 7.89. The fourth-order valence-corrected chi connectivity index (χ4v) is 4.62. The molecule has 0 bridgehead atoms. The molecular formula is C26H24F3N3O5S. The first kappa shape index (κ1) is 27.0. The summed E-state index contributed by atoms with van der Waals surface area (Å²) in [6.07, 6.45) is -3.78. The third-order valence-electron chi connectivity index (χ3n) is 6.03. The van der Waals surface area contributed by atoms with E-state index in [-0.39, 0.29) is 35.5 Å². The van der Waals surface area contributed by atoms with Gasteiger partial charge in [-0.2, -0.15) is 13.2 Å². The summed E-state index contributed by atoms with van der Waals surface area (Å²) in [4.78, 5) is 28.6. The van der Waals surface area contributed by atoms with Gasteiger partial charge in [-0.3, -0.25) is 9.59 Å². The third-order valence-corrected chi connectivity index (χ3v) is 6.58. The molecule has 0 unspecified atom stereocenters. The number of benzene rings is 3. The van der Waals surface area contributed by atoms with Crippen molar-refractivity contribution >= 4 is 27.5 Å². The number of phenolic OH excluding ortho intramolecular Hbond substituents is 1. The van der Waals surface area contributed by atoms with Gasteiger partial charge in [0.2, 0.25) is 10.0 Å². The lowest BCUT2D eigenvalue weighted by molar-refractivity contribution is -0.137. The quantitative estimate of drug-likeness (QED) is 0.504. The number of anilines is 1. The number of nitrogens with one attached hydrogen (secondary N) is 1. The number of rotatable bonds is 5. The third kappa shape index (κ3) is 6.43. The number of sulfonamides is 1. The van der Waals surface area contributed by atoms with E-state index in [2.05, 4.69) is 0 Å². The van der Waals surface area contributed by atoms with E-state index in [4.69, 9.17) is 0 Å². The van der Waals surface area contributed by atoms with Gasteiger partial charge in [0.15, 0.2) is 0 Å². The number of nitrogens with zero attached hydrogens (tertiary/aromatic N) is 2. The number of halogens is 3. The van der Waals surface area contributed by atoms with E-state index in [1.165, 1.54) is 41.3 Å². The van der Waals surface area contributed by atoms with Crippen LogP contribution < -0.4 is 9.62 Å². The van der Waals surface area contributed by atoms with Crippen molar-refractivity contribution in [2.24, 2.45) is 0 Å². The van der Waals surface area contributed by atoms with Crippen LogP contribution in [0.5, 0.6) is 5.75 Å². The molecule has 1 saturated heterocycles. The van der Waals surface area contributed by atoms with E-state index in [0.717, 1.165) is 24.1 Å². The number of carbonyl (C=O) groups is 2. The average Bonchev–Trinajstić information content (AvgIpc) is 2.87. The van der Waals surface area contributed by atoms with E-state index in [9.17, 15) is 36.3 Å². The van der Waals surface area contributed by atoms with Gasteiger partial charge in [-0.05, 0) is 65.7 Å². The number of amides is 2. The van der Waals surface area contributed by atoms with Crippen molar-refractivity contribution in [3.8, 4) is 16.9 Å². The number of alkyl halides is 3. The Morgan fingerprint density at radius 2 is 1.53 bits per heavy atom. The van der Waals surface area contributed by atoms with Crippen LogP contribution in [0.3, 0.4) is 0 Å². The van der Waals surface area contributed by atoms with Crippen molar-refractivity contribution < 1.29 is 36.3 Å². The number of hydrogen-bond acceptors (Lipinski definition) is 6. The fraction of sp³-hybridized carbons (Fsp3) is 0.231. The number of piperazine rings is 1. The highest BCUT2D eigenvalue weighted by atomic mass is 32.2. The Balaban J connectivity index is 1.48. The fourth-order valence-electron chi connectivity index (χ4n) is 4.17. The lowest BCUT2D eigenvalue weighted by Crippen LogP contribution is -2.48. The maximum Gasteiger partial charge on any atom is 0.416 e. The van der Waals surface area contributed by atoms with E-state index in [1.54, 1.807) is 18.2 Å². The molecule has 4 rings (SSSR count). The number of phenols is 1. The molecule has 1 fully saturated rings. The van der Waals surface area contributed by atoms with Gasteiger partial charge in [-0.25, -0.2) is 13.1 Å². The maximum absolute atomic E-state index is 13.6. The van der Waals surface area contributed by atoms with Crippen molar-refractivity contribution in [3.63, 3.8) is 0 Å². The zero-order chi connectivity index (χ0) is 27.7. The Hall–Kier alpha value is -4.06. The summed E-state index contributed by atoms with van der Waals surface area (Å²) in [5.74, 6) is -1.39. The largest absolute Gasteiger partial charge is 0.508 e. The zero-order valence-corrected chi connectivity index (χ0v) is 21.0. The Morgan fingerprint density at radius 1 is 0.868 bits per heavy atom. The summed E-state index contributed by atoms with van der Waals surface area (Å²) in [6, 6.07) is 15.3. The highest BCUT2D eigenvalue weighted by Gasteiger charge is 2.33. The van der Waals surface area contributed by atoms with Gasteiger partial charge >= 0.3 is 6.18 Å². The Kier molecular flexibility index (Phi) is 7.36. The summed E-state index contributed by atoms with van der Waals surface area (Å²) < 4.78 is 65.2. The second kappa shape index (κ2) is 10.4.